The van der Waals surface area contributed by atoms with Crippen molar-refractivity contribution in [3.63, 3.8) is 0 Å². The number of unbranched alkanes of at least 4 members (excludes halogenated alkanes) is 2. The molecule has 3 nitrogen and oxygen atoms in total. The van der Waals surface area contributed by atoms with Gasteiger partial charge in [0.05, 0.1) is 0 Å². The summed E-state index contributed by atoms with van der Waals surface area (Å²) in [6.07, 6.45) is 2.66. The number of carboxylic acid groups (broad SMARTS) is 1. The summed E-state index contributed by atoms with van der Waals surface area (Å²) in [5.74, 6) is -0.736. The lowest BCUT2D eigenvalue weighted by Crippen LogP contribution is -1.94. The molecule has 0 rings (SSSR count). The van der Waals surface area contributed by atoms with E-state index in [2.05, 4.69) is 0 Å². The van der Waals surface area contributed by atoms with Crippen molar-refractivity contribution < 1.29 is 9.90 Å². The van der Waals surface area contributed by atoms with E-state index in [1.807, 2.05) is 0 Å². The van der Waals surface area contributed by atoms with Crippen LogP contribution in [0.15, 0.2) is 0 Å². The number of hydrogen-bond donors (Lipinski definition) is 1. The molecule has 0 aliphatic rings. The summed E-state index contributed by atoms with van der Waals surface area (Å²) >= 11 is 0. The minimum absolute atomic E-state index is 0.250. The second-order valence-corrected chi connectivity index (χ2v) is 1.95. The second-order valence-electron chi connectivity index (χ2n) is 1.95. The van der Waals surface area contributed by atoms with E-state index in [-0.39, 0.29) is 6.42 Å². The molecule has 3 heteroatoms. The largest absolute Gasteiger partial charge is 0.481 e. The van der Waals surface area contributed by atoms with E-state index in [1.165, 1.54) is 0 Å². The van der Waals surface area contributed by atoms with Crippen LogP contribution in [0.3, 0.4) is 0 Å². The Bertz CT molecular complexity index is 83.1. The van der Waals surface area contributed by atoms with Crippen molar-refractivity contribution in [1.82, 2.24) is 5.73 Å². The number of carbonyl (C=O) groups is 1. The molecule has 0 aromatic heterocycles. The van der Waals surface area contributed by atoms with E-state index in [0.717, 1.165) is 12.8 Å². The van der Waals surface area contributed by atoms with Gasteiger partial charge in [-0.3, -0.25) is 10.5 Å². The molecule has 0 unspecified atom stereocenters. The first kappa shape index (κ1) is 8.43. The van der Waals surface area contributed by atoms with Gasteiger partial charge in [0.1, 0.15) is 0 Å². The summed E-state index contributed by atoms with van der Waals surface area (Å²) in [6.45, 7) is 0.416. The molecule has 0 aliphatic carbocycles. The maximum Gasteiger partial charge on any atom is 0.303 e. The van der Waals surface area contributed by atoms with Gasteiger partial charge in [-0.05, 0) is 12.8 Å². The molecule has 0 saturated heterocycles. The van der Waals surface area contributed by atoms with Gasteiger partial charge >= 0.3 is 5.97 Å². The number of nitrogens with one attached hydrogen (secondary N) is 1. The van der Waals surface area contributed by atoms with E-state index in [9.17, 15) is 4.79 Å². The Labute approximate surface area is 54.9 Å². The molecule has 1 radical (unpaired) electrons. The first-order valence-corrected chi connectivity index (χ1v) is 3.13. The first-order chi connectivity index (χ1) is 4.27. The van der Waals surface area contributed by atoms with Crippen LogP contribution in [0.5, 0.6) is 0 Å². The maximum atomic E-state index is 9.92. The highest BCUT2D eigenvalue weighted by atomic mass is 16.4. The van der Waals surface area contributed by atoms with Gasteiger partial charge in [0.15, 0.2) is 0 Å². The fraction of sp³-hybridized carbons (Fsp3) is 0.833. The number of rotatable bonds is 5. The van der Waals surface area contributed by atoms with Gasteiger partial charge in [-0.1, -0.05) is 6.42 Å². The lowest BCUT2D eigenvalue weighted by Gasteiger charge is -1.92. The second kappa shape index (κ2) is 5.56. The SMILES string of the molecule is [NH]CCCCCC(=O)O. The molecule has 0 atom stereocenters. The predicted octanol–water partition coefficient (Wildman–Crippen LogP) is 0.914. The van der Waals surface area contributed by atoms with E-state index in [0.29, 0.717) is 13.0 Å². The monoisotopic (exact) mass is 130 g/mol. The molecular formula is C6H12NO2. The molecular weight excluding hydrogens is 118 g/mol. The molecule has 0 heterocycles. The fourth-order valence-electron chi connectivity index (χ4n) is 0.578. The van der Waals surface area contributed by atoms with E-state index in [4.69, 9.17) is 10.8 Å². The van der Waals surface area contributed by atoms with E-state index in [1.54, 1.807) is 0 Å². The van der Waals surface area contributed by atoms with Crippen LogP contribution in [0.2, 0.25) is 0 Å². The average molecular weight is 130 g/mol. The zero-order valence-electron chi connectivity index (χ0n) is 5.39. The fourth-order valence-corrected chi connectivity index (χ4v) is 0.578. The molecule has 0 aromatic rings. The van der Waals surface area contributed by atoms with Crippen LogP contribution in [-0.4, -0.2) is 17.6 Å². The van der Waals surface area contributed by atoms with E-state index < -0.39 is 5.97 Å². The van der Waals surface area contributed by atoms with E-state index >= 15 is 0 Å². The van der Waals surface area contributed by atoms with Crippen LogP contribution in [0.25, 0.3) is 0 Å². The molecule has 0 aromatic carbocycles. The van der Waals surface area contributed by atoms with Crippen LogP contribution in [0, 0.1) is 0 Å². The molecule has 2 N–H and O–H groups in total. The Morgan fingerprint density at radius 3 is 2.44 bits per heavy atom. The number of carboxylic acids is 1. The van der Waals surface area contributed by atoms with Crippen LogP contribution >= 0.6 is 0 Å². The van der Waals surface area contributed by atoms with Crippen LogP contribution < -0.4 is 5.73 Å². The average Bonchev–Trinajstić information content (AvgIpc) is 1.80. The van der Waals surface area contributed by atoms with Crippen LogP contribution in [0.1, 0.15) is 25.7 Å². The molecule has 0 spiro atoms. The minimum Gasteiger partial charge on any atom is -0.481 e. The van der Waals surface area contributed by atoms with Gasteiger partial charge in [0.25, 0.3) is 0 Å². The standard InChI is InChI=1S/C6H12NO2/c7-5-3-1-2-4-6(8)9/h7H,1-5H2,(H,8,9). The summed E-state index contributed by atoms with van der Waals surface area (Å²) in [6, 6.07) is 0. The molecule has 53 valence electrons. The smallest absolute Gasteiger partial charge is 0.303 e. The van der Waals surface area contributed by atoms with Crippen molar-refractivity contribution >= 4 is 5.97 Å². The highest BCUT2D eigenvalue weighted by Gasteiger charge is 1.94. The summed E-state index contributed by atoms with van der Waals surface area (Å²) in [5.41, 5.74) is 6.74. The summed E-state index contributed by atoms with van der Waals surface area (Å²) in [5, 5.41) is 8.17. The summed E-state index contributed by atoms with van der Waals surface area (Å²) in [7, 11) is 0. The maximum absolute atomic E-state index is 9.92. The van der Waals surface area contributed by atoms with Crippen molar-refractivity contribution in [2.75, 3.05) is 6.54 Å². The summed E-state index contributed by atoms with van der Waals surface area (Å²) < 4.78 is 0. The van der Waals surface area contributed by atoms with Crippen LogP contribution in [0.4, 0.5) is 0 Å². The number of hydrogen-bond acceptors (Lipinski definition) is 1. The van der Waals surface area contributed by atoms with Crippen LogP contribution in [-0.2, 0) is 4.79 Å². The molecule has 0 aliphatic heterocycles. The Morgan fingerprint density at radius 2 is 2.00 bits per heavy atom. The third-order valence-electron chi connectivity index (χ3n) is 1.07. The topological polar surface area (TPSA) is 61.1 Å². The highest BCUT2D eigenvalue weighted by Crippen LogP contribution is 1.97. The molecule has 0 saturated carbocycles. The van der Waals surface area contributed by atoms with Gasteiger partial charge in [0, 0.05) is 13.0 Å². The molecule has 0 amide bonds. The summed E-state index contributed by atoms with van der Waals surface area (Å²) in [4.78, 5) is 9.92. The Kier molecular flexibility index (Phi) is 5.21. The third kappa shape index (κ3) is 7.43. The Morgan fingerprint density at radius 1 is 1.33 bits per heavy atom. The van der Waals surface area contributed by atoms with Gasteiger partial charge in [-0.2, -0.15) is 0 Å². The minimum atomic E-state index is -0.736. The normalized spacial score (nSPS) is 9.44. The van der Waals surface area contributed by atoms with Crippen molar-refractivity contribution in [2.24, 2.45) is 0 Å². The lowest BCUT2D eigenvalue weighted by molar-refractivity contribution is -0.137. The molecule has 9 heavy (non-hydrogen) atoms. The van der Waals surface area contributed by atoms with Crippen molar-refractivity contribution in [3.05, 3.63) is 0 Å². The zero-order chi connectivity index (χ0) is 7.11. The molecule has 0 bridgehead atoms. The van der Waals surface area contributed by atoms with Crippen molar-refractivity contribution in [3.8, 4) is 0 Å². The Hall–Kier alpha value is -0.570. The number of aliphatic carboxylic acids is 1. The van der Waals surface area contributed by atoms with Gasteiger partial charge in [0.2, 0.25) is 0 Å². The highest BCUT2D eigenvalue weighted by molar-refractivity contribution is 5.66. The first-order valence-electron chi connectivity index (χ1n) is 3.13. The zero-order valence-corrected chi connectivity index (χ0v) is 5.39. The quantitative estimate of drug-likeness (QED) is 0.562. The Balaban J connectivity index is 2.83. The van der Waals surface area contributed by atoms with Crippen molar-refractivity contribution in [2.45, 2.75) is 25.7 Å². The predicted molar refractivity (Wildman–Crippen MR) is 34.1 cm³/mol. The van der Waals surface area contributed by atoms with Gasteiger partial charge < -0.3 is 5.11 Å². The molecule has 0 fully saturated rings. The lowest BCUT2D eigenvalue weighted by atomic mass is 10.2. The van der Waals surface area contributed by atoms with Crippen molar-refractivity contribution in [1.29, 1.82) is 0 Å². The van der Waals surface area contributed by atoms with Gasteiger partial charge in [-0.25, -0.2) is 0 Å². The van der Waals surface area contributed by atoms with Gasteiger partial charge in [-0.15, -0.1) is 0 Å². The third-order valence-corrected chi connectivity index (χ3v) is 1.07.